The van der Waals surface area contributed by atoms with Crippen LogP contribution in [0.5, 0.6) is 0 Å². The van der Waals surface area contributed by atoms with E-state index in [1.54, 1.807) is 0 Å². The summed E-state index contributed by atoms with van der Waals surface area (Å²) in [5.74, 6) is -0.700. The monoisotopic (exact) mass is 277 g/mol. The molecule has 1 N–H and O–H groups in total. The smallest absolute Gasteiger partial charge is 0.320 e. The molecule has 5 nitrogen and oxygen atoms in total. The molecule has 1 saturated carbocycles. The Kier molecular flexibility index (Phi) is 4.05. The van der Waals surface area contributed by atoms with Crippen molar-refractivity contribution < 1.29 is 9.90 Å². The molecule has 0 spiro atoms. The summed E-state index contributed by atoms with van der Waals surface area (Å²) in [5.41, 5.74) is 1.00. The Morgan fingerprint density at radius 2 is 2.05 bits per heavy atom. The van der Waals surface area contributed by atoms with Gasteiger partial charge in [0, 0.05) is 12.7 Å². The summed E-state index contributed by atoms with van der Waals surface area (Å²) in [6.07, 6.45) is 10.2. The second kappa shape index (κ2) is 5.95. The number of carboxylic acid groups (broad SMARTS) is 1. The van der Waals surface area contributed by atoms with Crippen LogP contribution in [0.2, 0.25) is 0 Å². The van der Waals surface area contributed by atoms with Crippen LogP contribution in [0.25, 0.3) is 0 Å². The highest BCUT2D eigenvalue weighted by molar-refractivity contribution is 5.73. The summed E-state index contributed by atoms with van der Waals surface area (Å²) in [4.78, 5) is 13.2. The number of carboxylic acids is 1. The van der Waals surface area contributed by atoms with Crippen molar-refractivity contribution in [1.29, 1.82) is 0 Å². The van der Waals surface area contributed by atoms with Crippen LogP contribution >= 0.6 is 0 Å². The molecule has 2 fully saturated rings. The molecule has 20 heavy (non-hydrogen) atoms. The van der Waals surface area contributed by atoms with E-state index in [1.807, 2.05) is 11.0 Å². The van der Waals surface area contributed by atoms with Gasteiger partial charge in [0.1, 0.15) is 6.04 Å². The maximum Gasteiger partial charge on any atom is 0.320 e. The minimum atomic E-state index is -0.700. The first kappa shape index (κ1) is 13.6. The number of hydrogen-bond donors (Lipinski definition) is 1. The first-order chi connectivity index (χ1) is 9.74. The van der Waals surface area contributed by atoms with Gasteiger partial charge in [-0.2, -0.15) is 5.10 Å². The van der Waals surface area contributed by atoms with Crippen molar-refractivity contribution in [3.05, 3.63) is 18.0 Å². The standard InChI is InChI=1S/C15H23N3O2/c19-15(20)14-7-4-9-17(14)11-12-8-10-18(16-12)13-5-2-1-3-6-13/h8,10,13-14H,1-7,9,11H2,(H,19,20). The third-order valence-corrected chi connectivity index (χ3v) is 4.63. The molecule has 2 heterocycles. The Morgan fingerprint density at radius 1 is 1.25 bits per heavy atom. The van der Waals surface area contributed by atoms with Gasteiger partial charge in [0.05, 0.1) is 11.7 Å². The van der Waals surface area contributed by atoms with Crippen LogP contribution in [0.15, 0.2) is 12.3 Å². The number of carbonyl (C=O) groups is 1. The maximum atomic E-state index is 11.2. The van der Waals surface area contributed by atoms with E-state index in [-0.39, 0.29) is 6.04 Å². The van der Waals surface area contributed by atoms with Crippen molar-refractivity contribution in [2.24, 2.45) is 0 Å². The fraction of sp³-hybridized carbons (Fsp3) is 0.733. The average molecular weight is 277 g/mol. The Balaban J connectivity index is 1.63. The van der Waals surface area contributed by atoms with Crippen LogP contribution in [-0.2, 0) is 11.3 Å². The summed E-state index contributed by atoms with van der Waals surface area (Å²) in [5, 5.41) is 13.9. The lowest BCUT2D eigenvalue weighted by Gasteiger charge is -2.22. The van der Waals surface area contributed by atoms with Crippen LogP contribution in [0.3, 0.4) is 0 Å². The van der Waals surface area contributed by atoms with Crippen molar-refractivity contribution in [1.82, 2.24) is 14.7 Å². The third kappa shape index (κ3) is 2.87. The fourth-order valence-electron chi connectivity index (χ4n) is 3.51. The van der Waals surface area contributed by atoms with Crippen molar-refractivity contribution in [3.8, 4) is 0 Å². The predicted molar refractivity (Wildman–Crippen MR) is 75.4 cm³/mol. The summed E-state index contributed by atoms with van der Waals surface area (Å²) < 4.78 is 2.10. The highest BCUT2D eigenvalue weighted by Crippen LogP contribution is 2.28. The minimum Gasteiger partial charge on any atom is -0.480 e. The van der Waals surface area contributed by atoms with Gasteiger partial charge in [-0.15, -0.1) is 0 Å². The predicted octanol–water partition coefficient (Wildman–Crippen LogP) is 2.44. The van der Waals surface area contributed by atoms with Crippen LogP contribution < -0.4 is 0 Å². The Labute approximate surface area is 119 Å². The molecule has 1 saturated heterocycles. The molecular weight excluding hydrogens is 254 g/mol. The molecule has 0 amide bonds. The number of hydrogen-bond acceptors (Lipinski definition) is 3. The van der Waals surface area contributed by atoms with E-state index in [0.717, 1.165) is 25.1 Å². The first-order valence-electron chi connectivity index (χ1n) is 7.75. The Hall–Kier alpha value is -1.36. The summed E-state index contributed by atoms with van der Waals surface area (Å²) >= 11 is 0. The van der Waals surface area contributed by atoms with Crippen LogP contribution in [0, 0.1) is 0 Å². The molecule has 1 aromatic rings. The molecule has 110 valence electrons. The number of aromatic nitrogens is 2. The molecule has 1 aliphatic carbocycles. The molecule has 1 aliphatic heterocycles. The third-order valence-electron chi connectivity index (χ3n) is 4.63. The average Bonchev–Trinajstić information content (AvgIpc) is 3.09. The molecule has 1 aromatic heterocycles. The second-order valence-corrected chi connectivity index (χ2v) is 6.05. The van der Waals surface area contributed by atoms with E-state index in [9.17, 15) is 9.90 Å². The normalized spacial score (nSPS) is 25.1. The van der Waals surface area contributed by atoms with Gasteiger partial charge in [-0.1, -0.05) is 19.3 Å². The van der Waals surface area contributed by atoms with E-state index >= 15 is 0 Å². The summed E-state index contributed by atoms with van der Waals surface area (Å²) in [6.45, 7) is 1.53. The van der Waals surface area contributed by atoms with Gasteiger partial charge in [-0.3, -0.25) is 14.4 Å². The quantitative estimate of drug-likeness (QED) is 0.918. The molecular formula is C15H23N3O2. The number of nitrogens with zero attached hydrogens (tertiary/aromatic N) is 3. The SMILES string of the molecule is O=C(O)C1CCCN1Cc1ccn(C2CCCCC2)n1. The van der Waals surface area contributed by atoms with Gasteiger partial charge in [0.15, 0.2) is 0 Å². The van der Waals surface area contributed by atoms with Gasteiger partial charge in [-0.25, -0.2) is 0 Å². The lowest BCUT2D eigenvalue weighted by molar-refractivity contribution is -0.142. The summed E-state index contributed by atoms with van der Waals surface area (Å²) in [7, 11) is 0. The molecule has 0 aromatic carbocycles. The van der Waals surface area contributed by atoms with Gasteiger partial charge < -0.3 is 5.11 Å². The van der Waals surface area contributed by atoms with E-state index < -0.39 is 5.97 Å². The van der Waals surface area contributed by atoms with E-state index in [2.05, 4.69) is 16.0 Å². The van der Waals surface area contributed by atoms with Gasteiger partial charge >= 0.3 is 5.97 Å². The fourth-order valence-corrected chi connectivity index (χ4v) is 3.51. The molecule has 1 unspecified atom stereocenters. The lowest BCUT2D eigenvalue weighted by atomic mass is 9.96. The Bertz CT molecular complexity index is 465. The van der Waals surface area contributed by atoms with Crippen molar-refractivity contribution in [3.63, 3.8) is 0 Å². The van der Waals surface area contributed by atoms with Crippen LogP contribution in [0.4, 0.5) is 0 Å². The largest absolute Gasteiger partial charge is 0.480 e. The molecule has 3 rings (SSSR count). The topological polar surface area (TPSA) is 58.4 Å². The highest BCUT2D eigenvalue weighted by Gasteiger charge is 2.30. The molecule has 1 atom stereocenters. The van der Waals surface area contributed by atoms with Crippen molar-refractivity contribution in [2.45, 2.75) is 63.6 Å². The van der Waals surface area contributed by atoms with E-state index in [1.165, 1.54) is 32.1 Å². The van der Waals surface area contributed by atoms with E-state index in [0.29, 0.717) is 12.6 Å². The maximum absolute atomic E-state index is 11.2. The Morgan fingerprint density at radius 3 is 2.80 bits per heavy atom. The van der Waals surface area contributed by atoms with Crippen LogP contribution in [-0.4, -0.2) is 38.3 Å². The number of rotatable bonds is 4. The zero-order valence-corrected chi connectivity index (χ0v) is 11.9. The van der Waals surface area contributed by atoms with Gasteiger partial charge in [0.25, 0.3) is 0 Å². The zero-order chi connectivity index (χ0) is 13.9. The first-order valence-corrected chi connectivity index (χ1v) is 7.75. The lowest BCUT2D eigenvalue weighted by Crippen LogP contribution is -2.35. The minimum absolute atomic E-state index is 0.324. The molecule has 5 heteroatoms. The van der Waals surface area contributed by atoms with E-state index in [4.69, 9.17) is 0 Å². The number of aliphatic carboxylic acids is 1. The second-order valence-electron chi connectivity index (χ2n) is 6.05. The van der Waals surface area contributed by atoms with Gasteiger partial charge in [-0.05, 0) is 38.3 Å². The van der Waals surface area contributed by atoms with Crippen molar-refractivity contribution in [2.75, 3.05) is 6.54 Å². The van der Waals surface area contributed by atoms with Crippen LogP contribution in [0.1, 0.15) is 56.7 Å². The van der Waals surface area contributed by atoms with Gasteiger partial charge in [0.2, 0.25) is 0 Å². The van der Waals surface area contributed by atoms with Crippen molar-refractivity contribution >= 4 is 5.97 Å². The highest BCUT2D eigenvalue weighted by atomic mass is 16.4. The summed E-state index contributed by atoms with van der Waals surface area (Å²) in [6, 6.07) is 2.27. The zero-order valence-electron chi connectivity index (χ0n) is 11.9. The molecule has 0 radical (unpaired) electrons. The molecule has 0 bridgehead atoms. The number of likely N-dealkylation sites (tertiary alicyclic amines) is 1. The molecule has 2 aliphatic rings.